The lowest BCUT2D eigenvalue weighted by molar-refractivity contribution is 0.179. The summed E-state index contributed by atoms with van der Waals surface area (Å²) in [6, 6.07) is 12.1. The maximum absolute atomic E-state index is 13.8. The topological polar surface area (TPSA) is 101 Å². The fourth-order valence-electron chi connectivity index (χ4n) is 3.98. The SMILES string of the molecule is O=C1OCC(c2ccc(F)c(F)c2)N1c1ccn2ncc(-c3ccc(-c4nc[nH]n4)cc3)c2n1. The van der Waals surface area contributed by atoms with Crippen LogP contribution in [0.25, 0.3) is 28.2 Å². The molecule has 1 aliphatic heterocycles. The first kappa shape index (κ1) is 20.0. The van der Waals surface area contributed by atoms with Crippen molar-refractivity contribution in [3.05, 3.63) is 84.4 Å². The number of aromatic nitrogens is 6. The molecule has 168 valence electrons. The zero-order valence-corrected chi connectivity index (χ0v) is 17.4. The zero-order chi connectivity index (χ0) is 23.2. The average molecular weight is 459 g/mol. The van der Waals surface area contributed by atoms with Crippen LogP contribution in [0.5, 0.6) is 0 Å². The van der Waals surface area contributed by atoms with Crippen molar-refractivity contribution in [1.82, 2.24) is 29.8 Å². The highest BCUT2D eigenvalue weighted by atomic mass is 19.2. The van der Waals surface area contributed by atoms with Crippen molar-refractivity contribution in [2.75, 3.05) is 11.5 Å². The van der Waals surface area contributed by atoms with E-state index < -0.39 is 23.8 Å². The number of cyclic esters (lactones) is 1. The van der Waals surface area contributed by atoms with Crippen molar-refractivity contribution in [3.8, 4) is 22.5 Å². The smallest absolute Gasteiger partial charge is 0.416 e. The molecule has 5 aromatic rings. The minimum atomic E-state index is -0.994. The third kappa shape index (κ3) is 3.25. The number of carbonyl (C=O) groups is 1. The number of hydrogen-bond donors (Lipinski definition) is 1. The number of ether oxygens (including phenoxy) is 1. The van der Waals surface area contributed by atoms with E-state index >= 15 is 0 Å². The van der Waals surface area contributed by atoms with Crippen LogP contribution in [0.1, 0.15) is 11.6 Å². The largest absolute Gasteiger partial charge is 0.447 e. The molecule has 1 unspecified atom stereocenters. The van der Waals surface area contributed by atoms with Crippen molar-refractivity contribution in [3.63, 3.8) is 0 Å². The number of hydrogen-bond acceptors (Lipinski definition) is 6. The minimum absolute atomic E-state index is 0.00836. The quantitative estimate of drug-likeness (QED) is 0.433. The van der Waals surface area contributed by atoms with Crippen LogP contribution in [0.15, 0.2) is 67.3 Å². The minimum Gasteiger partial charge on any atom is -0.447 e. The monoisotopic (exact) mass is 459 g/mol. The van der Waals surface area contributed by atoms with Crippen LogP contribution in [-0.4, -0.2) is 42.5 Å². The van der Waals surface area contributed by atoms with E-state index in [0.29, 0.717) is 22.9 Å². The third-order valence-corrected chi connectivity index (χ3v) is 5.67. The van der Waals surface area contributed by atoms with Gasteiger partial charge in [-0.1, -0.05) is 30.3 Å². The molecule has 6 rings (SSSR count). The second-order valence-electron chi connectivity index (χ2n) is 7.65. The molecular formula is C23H15F2N7O2. The lowest BCUT2D eigenvalue weighted by atomic mass is 10.1. The molecule has 0 radical (unpaired) electrons. The summed E-state index contributed by atoms with van der Waals surface area (Å²) in [7, 11) is 0. The van der Waals surface area contributed by atoms with E-state index in [1.165, 1.54) is 17.3 Å². The molecule has 1 aliphatic rings. The fourth-order valence-corrected chi connectivity index (χ4v) is 3.98. The third-order valence-electron chi connectivity index (χ3n) is 5.67. The Morgan fingerprint density at radius 2 is 1.85 bits per heavy atom. The second-order valence-corrected chi connectivity index (χ2v) is 7.65. The van der Waals surface area contributed by atoms with Crippen LogP contribution in [0.2, 0.25) is 0 Å². The summed E-state index contributed by atoms with van der Waals surface area (Å²) >= 11 is 0. The van der Waals surface area contributed by atoms with Crippen LogP contribution < -0.4 is 4.90 Å². The molecule has 9 nitrogen and oxygen atoms in total. The molecule has 1 fully saturated rings. The van der Waals surface area contributed by atoms with Crippen LogP contribution in [0.4, 0.5) is 19.4 Å². The molecule has 11 heteroatoms. The molecule has 4 heterocycles. The summed E-state index contributed by atoms with van der Waals surface area (Å²) < 4.78 is 34.0. The van der Waals surface area contributed by atoms with E-state index in [0.717, 1.165) is 28.8 Å². The molecule has 2 aromatic carbocycles. The molecule has 1 atom stereocenters. The highest BCUT2D eigenvalue weighted by Gasteiger charge is 2.37. The predicted octanol–water partition coefficient (Wildman–Crippen LogP) is 4.16. The Morgan fingerprint density at radius 1 is 1.03 bits per heavy atom. The molecule has 1 saturated heterocycles. The van der Waals surface area contributed by atoms with Gasteiger partial charge in [0.2, 0.25) is 0 Å². The maximum Gasteiger partial charge on any atom is 0.416 e. The van der Waals surface area contributed by atoms with Crippen molar-refractivity contribution in [2.45, 2.75) is 6.04 Å². The molecule has 0 spiro atoms. The van der Waals surface area contributed by atoms with E-state index in [2.05, 4.69) is 25.3 Å². The van der Waals surface area contributed by atoms with Crippen molar-refractivity contribution >= 4 is 17.6 Å². The van der Waals surface area contributed by atoms with Gasteiger partial charge < -0.3 is 4.74 Å². The number of fused-ring (bicyclic) bond motifs is 1. The van der Waals surface area contributed by atoms with Crippen LogP contribution >= 0.6 is 0 Å². The van der Waals surface area contributed by atoms with Gasteiger partial charge in [-0.15, -0.1) is 0 Å². The van der Waals surface area contributed by atoms with Gasteiger partial charge in [-0.05, 0) is 29.3 Å². The molecule has 1 amide bonds. The molecule has 1 N–H and O–H groups in total. The van der Waals surface area contributed by atoms with Gasteiger partial charge >= 0.3 is 6.09 Å². The van der Waals surface area contributed by atoms with Crippen LogP contribution in [-0.2, 0) is 4.74 Å². The molecule has 3 aromatic heterocycles. The van der Waals surface area contributed by atoms with Crippen molar-refractivity contribution in [1.29, 1.82) is 0 Å². The number of anilines is 1. The summed E-state index contributed by atoms with van der Waals surface area (Å²) in [5, 5.41) is 11.1. The summed E-state index contributed by atoms with van der Waals surface area (Å²) in [6.45, 7) is -0.00836. The van der Waals surface area contributed by atoms with Gasteiger partial charge in [-0.25, -0.2) is 28.1 Å². The Morgan fingerprint density at radius 3 is 2.62 bits per heavy atom. The number of H-pyrrole nitrogens is 1. The Hall–Kier alpha value is -4.67. The molecule has 34 heavy (non-hydrogen) atoms. The van der Waals surface area contributed by atoms with Crippen molar-refractivity contribution < 1.29 is 18.3 Å². The Kier molecular flexibility index (Phi) is 4.54. The fraction of sp³-hybridized carbons (Fsp3) is 0.0870. The van der Waals surface area contributed by atoms with E-state index in [4.69, 9.17) is 4.74 Å². The summed E-state index contributed by atoms with van der Waals surface area (Å²) in [6.07, 6.45) is 4.25. The molecule has 0 bridgehead atoms. The standard InChI is InChI=1S/C23H15F2N7O2/c24-17-6-5-15(9-18(17)25)19-11-34-23(33)32(19)20-7-8-31-22(29-20)16(10-28-31)13-1-3-14(4-2-13)21-26-12-27-30-21/h1-10,12,19H,11H2,(H,26,27,30). The molecular weight excluding hydrogens is 444 g/mol. The number of carbonyl (C=O) groups excluding carboxylic acids is 1. The zero-order valence-electron chi connectivity index (χ0n) is 17.4. The number of rotatable bonds is 4. The number of nitrogens with one attached hydrogen (secondary N) is 1. The van der Waals surface area contributed by atoms with Gasteiger partial charge in [-0.2, -0.15) is 10.2 Å². The lowest BCUT2D eigenvalue weighted by Gasteiger charge is -2.21. The van der Waals surface area contributed by atoms with Gasteiger partial charge in [-0.3, -0.25) is 10.00 Å². The van der Waals surface area contributed by atoms with Gasteiger partial charge in [0.1, 0.15) is 24.8 Å². The van der Waals surface area contributed by atoms with E-state index in [1.807, 2.05) is 24.3 Å². The molecule has 0 saturated carbocycles. The lowest BCUT2D eigenvalue weighted by Crippen LogP contribution is -2.28. The number of aromatic amines is 1. The van der Waals surface area contributed by atoms with E-state index in [1.54, 1.807) is 23.0 Å². The first-order chi connectivity index (χ1) is 16.6. The highest BCUT2D eigenvalue weighted by molar-refractivity contribution is 5.90. The maximum atomic E-state index is 13.8. The van der Waals surface area contributed by atoms with Gasteiger partial charge in [0, 0.05) is 17.3 Å². The number of benzene rings is 2. The number of amides is 1. The van der Waals surface area contributed by atoms with E-state index in [9.17, 15) is 13.6 Å². The predicted molar refractivity (Wildman–Crippen MR) is 117 cm³/mol. The van der Waals surface area contributed by atoms with Gasteiger partial charge in [0.15, 0.2) is 23.1 Å². The Labute approximate surface area is 190 Å². The summed E-state index contributed by atoms with van der Waals surface area (Å²) in [4.78, 5) is 22.7. The Bertz CT molecular complexity index is 1520. The van der Waals surface area contributed by atoms with Gasteiger partial charge in [0.05, 0.1) is 6.20 Å². The second kappa shape index (κ2) is 7.73. The average Bonchev–Trinajstić information content (AvgIpc) is 3.60. The Balaban J connectivity index is 1.38. The van der Waals surface area contributed by atoms with Crippen molar-refractivity contribution in [2.24, 2.45) is 0 Å². The normalized spacial score (nSPS) is 15.8. The first-order valence-corrected chi connectivity index (χ1v) is 10.3. The highest BCUT2D eigenvalue weighted by Crippen LogP contribution is 2.34. The number of nitrogens with zero attached hydrogens (tertiary/aromatic N) is 6. The van der Waals surface area contributed by atoms with E-state index in [-0.39, 0.29) is 6.61 Å². The van der Waals surface area contributed by atoms with Crippen LogP contribution in [0.3, 0.4) is 0 Å². The van der Waals surface area contributed by atoms with Gasteiger partial charge in [0.25, 0.3) is 0 Å². The summed E-state index contributed by atoms with van der Waals surface area (Å²) in [5.41, 5.74) is 3.39. The first-order valence-electron chi connectivity index (χ1n) is 10.3. The molecule has 0 aliphatic carbocycles. The number of halogens is 2. The van der Waals surface area contributed by atoms with Crippen LogP contribution in [0, 0.1) is 11.6 Å². The summed E-state index contributed by atoms with van der Waals surface area (Å²) in [5.74, 6) is -1.06.